The third-order valence-electron chi connectivity index (χ3n) is 3.27. The van der Waals surface area contributed by atoms with E-state index < -0.39 is 7.59 Å². The van der Waals surface area contributed by atoms with Crippen molar-refractivity contribution < 1.29 is 0 Å². The Balaban J connectivity index is 4.59. The molecule has 0 bridgehead atoms. The van der Waals surface area contributed by atoms with Gasteiger partial charge in [0.2, 0.25) is 0 Å². The first-order valence-corrected chi connectivity index (χ1v) is 17.4. The van der Waals surface area contributed by atoms with Crippen molar-refractivity contribution in [3.05, 3.63) is 0 Å². The largest absolute Gasteiger partial charge is 0.0631 e. The number of hydrogen-bond acceptors (Lipinski definition) is 0. The molecule has 0 aromatic rings. The smallest absolute Gasteiger partial charge is 0.0375 e. The van der Waals surface area contributed by atoms with Crippen molar-refractivity contribution in [3.8, 4) is 0 Å². The van der Waals surface area contributed by atoms with E-state index in [0.717, 1.165) is 17.8 Å². The first-order chi connectivity index (χ1) is 6.81. The Bertz CT molecular complexity index is 138. The van der Waals surface area contributed by atoms with Crippen LogP contribution in [-0.4, -0.2) is 25.9 Å². The van der Waals surface area contributed by atoms with Crippen molar-refractivity contribution in [2.45, 2.75) is 59.7 Å². The summed E-state index contributed by atoms with van der Waals surface area (Å²) in [5.74, 6) is 2.86. The van der Waals surface area contributed by atoms with Crippen molar-refractivity contribution in [2.75, 3.05) is 0 Å². The summed E-state index contributed by atoms with van der Waals surface area (Å²) in [5, 5.41) is 0. The van der Waals surface area contributed by atoms with Gasteiger partial charge >= 0.3 is 0 Å². The van der Waals surface area contributed by atoms with Crippen molar-refractivity contribution in [3.63, 3.8) is 0 Å². The number of rotatable bonds is 7. The maximum atomic E-state index is 2.44. The average Bonchev–Trinajstić information content (AvgIpc) is 1.99. The molecule has 0 fully saturated rings. The zero-order valence-corrected chi connectivity index (χ0v) is 16.5. The first-order valence-electron chi connectivity index (χ1n) is 6.81. The summed E-state index contributed by atoms with van der Waals surface area (Å²) in [4.78, 5) is 0. The summed E-state index contributed by atoms with van der Waals surface area (Å²) >= 11 is 0. The van der Waals surface area contributed by atoms with Gasteiger partial charge in [0.05, 0.1) is 0 Å². The molecule has 0 atom stereocenters. The minimum absolute atomic E-state index is 0.371. The fourth-order valence-corrected chi connectivity index (χ4v) is 25.4. The molecule has 3 heteroatoms. The van der Waals surface area contributed by atoms with E-state index in [0.29, 0.717) is 8.55 Å². The minimum Gasteiger partial charge on any atom is -0.0631 e. The van der Waals surface area contributed by atoms with E-state index in [4.69, 9.17) is 0 Å². The third kappa shape index (κ3) is 6.74. The minimum atomic E-state index is -0.758. The predicted octanol–water partition coefficient (Wildman–Crippen LogP) is 2.35. The molecule has 0 unspecified atom stereocenters. The summed E-state index contributed by atoms with van der Waals surface area (Å²) < 4.78 is 0. The molecule has 0 radical (unpaired) electrons. The Labute approximate surface area is 103 Å². The Morgan fingerprint density at radius 3 is 1.20 bits per heavy atom. The van der Waals surface area contributed by atoms with E-state index in [-0.39, 0.29) is 0 Å². The zero-order chi connectivity index (χ0) is 12.1. The maximum Gasteiger partial charge on any atom is 0.0375 e. The summed E-state index contributed by atoms with van der Waals surface area (Å²) in [6, 6.07) is 4.91. The second kappa shape index (κ2) is 7.07. The molecule has 0 aliphatic carbocycles. The van der Waals surface area contributed by atoms with E-state index in [1.54, 1.807) is 27.9 Å². The van der Waals surface area contributed by atoms with Crippen LogP contribution in [0.1, 0.15) is 41.5 Å². The highest BCUT2D eigenvalue weighted by molar-refractivity contribution is 7.40. The molecule has 0 aliphatic rings. The molecule has 0 N–H and O–H groups in total. The van der Waals surface area contributed by atoms with Crippen molar-refractivity contribution in [1.82, 2.24) is 0 Å². The fraction of sp³-hybridized carbons (Fsp3) is 1.00. The van der Waals surface area contributed by atoms with Gasteiger partial charge in [-0.3, -0.25) is 0 Å². The van der Waals surface area contributed by atoms with E-state index >= 15 is 0 Å². The standard InChI is InChI=1S/C12H32Si3/c1-10(2)7-15(14-13,8-11(3)4)9-12(5)6/h10-12H,7-9,14H2,1-6,13H3. The molecule has 0 saturated carbocycles. The molecule has 0 nitrogen and oxygen atoms in total. The lowest BCUT2D eigenvalue weighted by Crippen LogP contribution is -2.45. The zero-order valence-electron chi connectivity index (χ0n) is 12.1. The highest BCUT2D eigenvalue weighted by atomic mass is 29.5. The van der Waals surface area contributed by atoms with Crippen LogP contribution in [0.25, 0.3) is 0 Å². The second-order valence-corrected chi connectivity index (χ2v) is 24.6. The Morgan fingerprint density at radius 1 is 0.800 bits per heavy atom. The van der Waals surface area contributed by atoms with Crippen LogP contribution in [0.3, 0.4) is 0 Å². The average molecular weight is 261 g/mol. The maximum absolute atomic E-state index is 2.44. The van der Waals surface area contributed by atoms with Crippen LogP contribution in [-0.2, 0) is 0 Å². The fourth-order valence-electron chi connectivity index (χ4n) is 3.28. The van der Waals surface area contributed by atoms with Gasteiger partial charge in [0.15, 0.2) is 0 Å². The van der Waals surface area contributed by atoms with Crippen molar-refractivity contribution >= 4 is 25.9 Å². The van der Waals surface area contributed by atoms with Crippen LogP contribution in [0.15, 0.2) is 0 Å². The molecule has 0 saturated heterocycles. The van der Waals surface area contributed by atoms with E-state index in [1.807, 2.05) is 0 Å². The molecule has 92 valence electrons. The van der Waals surface area contributed by atoms with Crippen LogP contribution in [0, 0.1) is 17.8 Å². The topological polar surface area (TPSA) is 0 Å². The molecule has 0 amide bonds. The number of hydrogen-bond donors (Lipinski definition) is 0. The SMILES string of the molecule is CC(C)C[Si](CC(C)C)(CC(C)C)[SiH2][SiH3]. The van der Waals surface area contributed by atoms with Gasteiger partial charge in [-0.1, -0.05) is 59.7 Å². The Kier molecular flexibility index (Phi) is 7.38. The lowest BCUT2D eigenvalue weighted by Gasteiger charge is -2.35. The second-order valence-electron chi connectivity index (χ2n) is 6.65. The first kappa shape index (κ1) is 15.7. The molecule has 0 rings (SSSR count). The highest BCUT2D eigenvalue weighted by Gasteiger charge is 2.32. The van der Waals surface area contributed by atoms with Crippen molar-refractivity contribution in [1.29, 1.82) is 0 Å². The summed E-state index contributed by atoms with van der Waals surface area (Å²) in [6.45, 7) is 14.6. The normalized spacial score (nSPS) is 14.2. The molecule has 0 aliphatic heterocycles. The quantitative estimate of drug-likeness (QED) is 0.617. The van der Waals surface area contributed by atoms with E-state index in [9.17, 15) is 0 Å². The Morgan fingerprint density at radius 2 is 1.07 bits per heavy atom. The van der Waals surface area contributed by atoms with Crippen molar-refractivity contribution in [2.24, 2.45) is 17.8 Å². The monoisotopic (exact) mass is 260 g/mol. The van der Waals surface area contributed by atoms with Gasteiger partial charge in [-0.15, -0.1) is 0 Å². The molecular formula is C12H32Si3. The molecule has 0 spiro atoms. The van der Waals surface area contributed by atoms with E-state index in [2.05, 4.69) is 41.5 Å². The van der Waals surface area contributed by atoms with Crippen LogP contribution in [0.5, 0.6) is 0 Å². The lowest BCUT2D eigenvalue weighted by atomic mass is 10.3. The molecule has 0 aromatic carbocycles. The van der Waals surface area contributed by atoms with E-state index in [1.165, 1.54) is 0 Å². The lowest BCUT2D eigenvalue weighted by molar-refractivity contribution is 0.654. The van der Waals surface area contributed by atoms with Gasteiger partial charge in [0, 0.05) is 16.1 Å². The highest BCUT2D eigenvalue weighted by Crippen LogP contribution is 2.30. The third-order valence-corrected chi connectivity index (χ3v) is 30.4. The molecule has 15 heavy (non-hydrogen) atoms. The van der Waals surface area contributed by atoms with Gasteiger partial charge in [-0.05, 0) is 27.5 Å². The molecule has 0 heterocycles. The van der Waals surface area contributed by atoms with Crippen LogP contribution in [0.4, 0.5) is 0 Å². The van der Waals surface area contributed by atoms with Gasteiger partial charge in [0.25, 0.3) is 0 Å². The summed E-state index contributed by atoms with van der Waals surface area (Å²) in [7, 11) is 1.18. The summed E-state index contributed by atoms with van der Waals surface area (Å²) in [5.41, 5.74) is 0. The Hall–Kier alpha value is 0.651. The van der Waals surface area contributed by atoms with Gasteiger partial charge < -0.3 is 0 Å². The van der Waals surface area contributed by atoms with Gasteiger partial charge in [0.1, 0.15) is 0 Å². The summed E-state index contributed by atoms with van der Waals surface area (Å²) in [6.07, 6.45) is 0. The van der Waals surface area contributed by atoms with Gasteiger partial charge in [-0.25, -0.2) is 0 Å². The van der Waals surface area contributed by atoms with Gasteiger partial charge in [-0.2, -0.15) is 0 Å². The molecular weight excluding hydrogens is 228 g/mol. The van der Waals surface area contributed by atoms with Crippen LogP contribution < -0.4 is 0 Å². The van der Waals surface area contributed by atoms with Crippen LogP contribution >= 0.6 is 0 Å². The predicted molar refractivity (Wildman–Crippen MR) is 83.2 cm³/mol. The van der Waals surface area contributed by atoms with Crippen LogP contribution in [0.2, 0.25) is 18.1 Å². The molecule has 0 aromatic heterocycles.